The van der Waals surface area contributed by atoms with Gasteiger partial charge in [0.25, 0.3) is 0 Å². The third-order valence-corrected chi connectivity index (χ3v) is 3.27. The molecule has 4 atom stereocenters. The third-order valence-electron chi connectivity index (χ3n) is 3.27. The maximum atomic E-state index is 14.4. The Bertz CT molecular complexity index is 375. The molecule has 18 heavy (non-hydrogen) atoms. The molecule has 2 fully saturated rings. The molecule has 2 heterocycles. The summed E-state index contributed by atoms with van der Waals surface area (Å²) in [4.78, 5) is 23.6. The number of nitrogens with zero attached hydrogens (tertiary/aromatic N) is 1. The van der Waals surface area contributed by atoms with Crippen molar-refractivity contribution in [2.24, 2.45) is 0 Å². The van der Waals surface area contributed by atoms with Crippen molar-refractivity contribution in [3.63, 3.8) is 0 Å². The van der Waals surface area contributed by atoms with Crippen molar-refractivity contribution < 1.29 is 28.9 Å². The molecular formula is C10H15FN2O5. The highest BCUT2D eigenvalue weighted by molar-refractivity contribution is 5.96. The fraction of sp³-hybridized carbons (Fsp3) is 0.800. The fourth-order valence-corrected chi connectivity index (χ4v) is 2.20. The molecule has 0 aliphatic carbocycles. The normalized spacial score (nSPS) is 41.1. The minimum absolute atomic E-state index is 0.0136. The quantitative estimate of drug-likeness (QED) is 0.576. The Morgan fingerprint density at radius 2 is 2.28 bits per heavy atom. The van der Waals surface area contributed by atoms with E-state index in [2.05, 4.69) is 0 Å². The molecule has 102 valence electrons. The van der Waals surface area contributed by atoms with Gasteiger partial charge in [0.2, 0.25) is 5.91 Å². The van der Waals surface area contributed by atoms with Gasteiger partial charge in [0.1, 0.15) is 12.2 Å². The van der Waals surface area contributed by atoms with Crippen LogP contribution in [-0.4, -0.2) is 64.3 Å². The summed E-state index contributed by atoms with van der Waals surface area (Å²) in [6.45, 7) is 0.562. The lowest BCUT2D eigenvalue weighted by atomic mass is 9.98. The van der Waals surface area contributed by atoms with Crippen LogP contribution in [0.2, 0.25) is 0 Å². The first-order chi connectivity index (χ1) is 8.37. The summed E-state index contributed by atoms with van der Waals surface area (Å²) < 4.78 is 19.5. The van der Waals surface area contributed by atoms with Crippen molar-refractivity contribution in [2.45, 2.75) is 37.4 Å². The Hall–Kier alpha value is -1.25. The molecular weight excluding hydrogens is 247 g/mol. The van der Waals surface area contributed by atoms with Crippen molar-refractivity contribution in [3.05, 3.63) is 0 Å². The topological polar surface area (TPSA) is 99.1 Å². The number of halogens is 1. The Balaban J connectivity index is 2.18. The van der Waals surface area contributed by atoms with Gasteiger partial charge in [0, 0.05) is 13.0 Å². The molecule has 8 heteroatoms. The number of rotatable bonds is 2. The second-order valence-electron chi connectivity index (χ2n) is 4.60. The number of nitrogens with one attached hydrogen (secondary N) is 1. The molecule has 7 nitrogen and oxygen atoms in total. The van der Waals surface area contributed by atoms with Gasteiger partial charge in [0.05, 0.1) is 6.61 Å². The van der Waals surface area contributed by atoms with Crippen LogP contribution in [0.5, 0.6) is 0 Å². The molecule has 2 aliphatic rings. The van der Waals surface area contributed by atoms with E-state index in [0.717, 1.165) is 11.8 Å². The molecule has 0 aromatic heterocycles. The number of hydrogen-bond acceptors (Lipinski definition) is 5. The summed E-state index contributed by atoms with van der Waals surface area (Å²) in [7, 11) is 0. The highest BCUT2D eigenvalue weighted by atomic mass is 19.1. The predicted molar refractivity (Wildman–Crippen MR) is 56.1 cm³/mol. The smallest absolute Gasteiger partial charge is 0.326 e. The number of ether oxygens (including phenoxy) is 1. The largest absolute Gasteiger partial charge is 0.394 e. The van der Waals surface area contributed by atoms with E-state index in [4.69, 9.17) is 9.84 Å². The number of urea groups is 1. The number of carbonyl (C=O) groups excluding carboxylic acids is 2. The number of hydrogen-bond donors (Lipinski definition) is 3. The predicted octanol–water partition coefficient (Wildman–Crippen LogP) is -1.27. The van der Waals surface area contributed by atoms with Gasteiger partial charge in [-0.05, 0) is 6.92 Å². The third kappa shape index (κ3) is 1.96. The van der Waals surface area contributed by atoms with Gasteiger partial charge in [-0.15, -0.1) is 0 Å². The zero-order valence-corrected chi connectivity index (χ0v) is 9.80. The lowest BCUT2D eigenvalue weighted by Crippen LogP contribution is -2.59. The first-order valence-corrected chi connectivity index (χ1v) is 5.61. The van der Waals surface area contributed by atoms with Crippen molar-refractivity contribution in [2.75, 3.05) is 13.2 Å². The first kappa shape index (κ1) is 13.2. The summed E-state index contributed by atoms with van der Waals surface area (Å²) in [5.41, 5.74) is -2.20. The monoisotopic (exact) mass is 262 g/mol. The lowest BCUT2D eigenvalue weighted by molar-refractivity contribution is -0.126. The van der Waals surface area contributed by atoms with E-state index >= 15 is 0 Å². The molecule has 0 aromatic carbocycles. The zero-order valence-electron chi connectivity index (χ0n) is 9.80. The SMILES string of the molecule is C[C@@]1(F)[C@H](O)[C@@H](CO)O[C@@H]1N1CCC(=O)NC1=O. The van der Waals surface area contributed by atoms with E-state index in [1.54, 1.807) is 0 Å². The number of amides is 3. The summed E-state index contributed by atoms with van der Waals surface area (Å²) in [6.07, 6.45) is -3.90. The van der Waals surface area contributed by atoms with Crippen molar-refractivity contribution >= 4 is 11.9 Å². The van der Waals surface area contributed by atoms with Crippen LogP contribution in [0.4, 0.5) is 9.18 Å². The van der Waals surface area contributed by atoms with Crippen LogP contribution in [0.1, 0.15) is 13.3 Å². The average molecular weight is 262 g/mol. The molecule has 2 saturated heterocycles. The Labute approximate surface area is 103 Å². The number of alkyl halides is 1. The maximum absolute atomic E-state index is 14.4. The first-order valence-electron chi connectivity index (χ1n) is 5.61. The molecule has 0 bridgehead atoms. The Morgan fingerprint density at radius 3 is 2.78 bits per heavy atom. The van der Waals surface area contributed by atoms with Crippen molar-refractivity contribution in [1.29, 1.82) is 0 Å². The van der Waals surface area contributed by atoms with E-state index in [0.29, 0.717) is 0 Å². The van der Waals surface area contributed by atoms with Gasteiger partial charge in [0.15, 0.2) is 11.9 Å². The van der Waals surface area contributed by atoms with Gasteiger partial charge in [-0.1, -0.05) is 0 Å². The van der Waals surface area contributed by atoms with Crippen LogP contribution in [0.25, 0.3) is 0 Å². The molecule has 0 saturated carbocycles. The van der Waals surface area contributed by atoms with Gasteiger partial charge in [-0.25, -0.2) is 9.18 Å². The second-order valence-corrected chi connectivity index (χ2v) is 4.60. The summed E-state index contributed by atoms with van der Waals surface area (Å²) in [5.74, 6) is -0.436. The van der Waals surface area contributed by atoms with E-state index in [9.17, 15) is 19.1 Å². The van der Waals surface area contributed by atoms with Crippen LogP contribution in [0, 0.1) is 0 Å². The second kappa shape index (κ2) is 4.45. The van der Waals surface area contributed by atoms with Crippen LogP contribution in [0.3, 0.4) is 0 Å². The lowest BCUT2D eigenvalue weighted by Gasteiger charge is -2.35. The molecule has 3 N–H and O–H groups in total. The molecule has 0 spiro atoms. The van der Waals surface area contributed by atoms with Crippen LogP contribution >= 0.6 is 0 Å². The number of imide groups is 1. The molecule has 0 aromatic rings. The van der Waals surface area contributed by atoms with Crippen LogP contribution in [0.15, 0.2) is 0 Å². The van der Waals surface area contributed by atoms with Crippen LogP contribution < -0.4 is 5.32 Å². The van der Waals surface area contributed by atoms with Gasteiger partial charge in [-0.3, -0.25) is 15.0 Å². The Kier molecular flexibility index (Phi) is 3.26. The highest BCUT2D eigenvalue weighted by Gasteiger charge is 2.57. The molecule has 0 unspecified atom stereocenters. The minimum Gasteiger partial charge on any atom is -0.394 e. The molecule has 2 aliphatic heterocycles. The van der Waals surface area contributed by atoms with E-state index in [1.807, 2.05) is 5.32 Å². The summed E-state index contributed by atoms with van der Waals surface area (Å²) in [6, 6.07) is -0.758. The minimum atomic E-state index is -2.20. The number of aliphatic hydroxyl groups excluding tert-OH is 2. The van der Waals surface area contributed by atoms with Crippen molar-refractivity contribution in [3.8, 4) is 0 Å². The summed E-state index contributed by atoms with van der Waals surface area (Å²) in [5, 5.41) is 20.7. The zero-order chi connectivity index (χ0) is 13.5. The van der Waals surface area contributed by atoms with E-state index < -0.39 is 42.6 Å². The van der Waals surface area contributed by atoms with Gasteiger partial charge in [-0.2, -0.15) is 0 Å². The molecule has 3 amide bonds. The molecule has 0 radical (unpaired) electrons. The van der Waals surface area contributed by atoms with Gasteiger partial charge >= 0.3 is 6.03 Å². The average Bonchev–Trinajstić information content (AvgIpc) is 2.52. The Morgan fingerprint density at radius 1 is 1.61 bits per heavy atom. The van der Waals surface area contributed by atoms with Gasteiger partial charge < -0.3 is 14.9 Å². The molecule has 2 rings (SSSR count). The fourth-order valence-electron chi connectivity index (χ4n) is 2.20. The standard InChI is InChI=1S/C10H15FN2O5/c1-10(11)7(16)5(4-14)18-8(10)13-3-2-6(15)12-9(13)17/h5,7-8,14,16H,2-4H2,1H3,(H,12,15,17)/t5-,7-,8+,10-/m1/s1. The van der Waals surface area contributed by atoms with E-state index in [1.165, 1.54) is 0 Å². The van der Waals surface area contributed by atoms with Crippen molar-refractivity contribution in [1.82, 2.24) is 10.2 Å². The van der Waals surface area contributed by atoms with E-state index in [-0.39, 0.29) is 13.0 Å². The van der Waals surface area contributed by atoms with Crippen LogP contribution in [-0.2, 0) is 9.53 Å². The number of carbonyl (C=O) groups is 2. The maximum Gasteiger partial charge on any atom is 0.326 e. The highest BCUT2D eigenvalue weighted by Crippen LogP contribution is 2.36. The summed E-state index contributed by atoms with van der Waals surface area (Å²) >= 11 is 0. The number of aliphatic hydroxyl groups is 2.